The maximum Gasteiger partial charge on any atom is 0.225 e. The molecule has 0 bridgehead atoms. The molecule has 0 spiro atoms. The zero-order valence-corrected chi connectivity index (χ0v) is 13.3. The van der Waals surface area contributed by atoms with Gasteiger partial charge in [-0.25, -0.2) is 9.37 Å². The first kappa shape index (κ1) is 15.9. The van der Waals surface area contributed by atoms with Crippen molar-refractivity contribution >= 4 is 11.8 Å². The lowest BCUT2D eigenvalue weighted by atomic mass is 10.2. The second-order valence-electron chi connectivity index (χ2n) is 5.19. The Hall–Kier alpha value is -3.02. The van der Waals surface area contributed by atoms with Gasteiger partial charge in [0.05, 0.1) is 11.4 Å². The Bertz CT molecular complexity index is 808. The van der Waals surface area contributed by atoms with Crippen molar-refractivity contribution in [2.45, 2.75) is 13.5 Å². The Morgan fingerprint density at radius 1 is 0.958 bits per heavy atom. The van der Waals surface area contributed by atoms with Crippen LogP contribution in [0.1, 0.15) is 12.5 Å². The number of benzene rings is 1. The van der Waals surface area contributed by atoms with E-state index >= 15 is 0 Å². The number of nitrogens with one attached hydrogen (secondary N) is 2. The van der Waals surface area contributed by atoms with Crippen molar-refractivity contribution in [2.24, 2.45) is 0 Å². The van der Waals surface area contributed by atoms with Gasteiger partial charge in [0.15, 0.2) is 0 Å². The van der Waals surface area contributed by atoms with E-state index in [1.54, 1.807) is 12.3 Å². The van der Waals surface area contributed by atoms with E-state index in [4.69, 9.17) is 0 Å². The monoisotopic (exact) mass is 323 g/mol. The van der Waals surface area contributed by atoms with Crippen LogP contribution in [0.25, 0.3) is 11.4 Å². The SMILES string of the molecule is CCNc1nc(NCc2cccc(F)c2)cc(-c2ccccn2)n1. The highest BCUT2D eigenvalue weighted by Gasteiger charge is 2.07. The topological polar surface area (TPSA) is 62.7 Å². The van der Waals surface area contributed by atoms with Gasteiger partial charge in [-0.3, -0.25) is 4.98 Å². The molecule has 0 saturated heterocycles. The Kier molecular flexibility index (Phi) is 4.96. The van der Waals surface area contributed by atoms with Crippen LogP contribution in [-0.2, 0) is 6.54 Å². The molecular formula is C18H18FN5. The van der Waals surface area contributed by atoms with E-state index in [-0.39, 0.29) is 5.82 Å². The first-order valence-corrected chi connectivity index (χ1v) is 7.77. The molecule has 0 amide bonds. The Morgan fingerprint density at radius 3 is 2.62 bits per heavy atom. The van der Waals surface area contributed by atoms with Gasteiger partial charge in [-0.1, -0.05) is 18.2 Å². The first-order chi connectivity index (χ1) is 11.7. The van der Waals surface area contributed by atoms with E-state index in [0.717, 1.165) is 23.5 Å². The Balaban J connectivity index is 1.85. The van der Waals surface area contributed by atoms with E-state index in [1.165, 1.54) is 12.1 Å². The van der Waals surface area contributed by atoms with Crippen LogP contribution < -0.4 is 10.6 Å². The van der Waals surface area contributed by atoms with E-state index < -0.39 is 0 Å². The molecular weight excluding hydrogens is 305 g/mol. The van der Waals surface area contributed by atoms with Crippen LogP contribution in [0, 0.1) is 5.82 Å². The summed E-state index contributed by atoms with van der Waals surface area (Å²) in [5, 5.41) is 6.33. The molecule has 0 aliphatic rings. The van der Waals surface area contributed by atoms with E-state index in [2.05, 4.69) is 25.6 Å². The number of halogens is 1. The van der Waals surface area contributed by atoms with Crippen LogP contribution in [-0.4, -0.2) is 21.5 Å². The lowest BCUT2D eigenvalue weighted by molar-refractivity contribution is 0.626. The summed E-state index contributed by atoms with van der Waals surface area (Å²) in [5.74, 6) is 0.938. The summed E-state index contributed by atoms with van der Waals surface area (Å²) in [7, 11) is 0. The minimum Gasteiger partial charge on any atom is -0.366 e. The molecule has 0 atom stereocenters. The quantitative estimate of drug-likeness (QED) is 0.724. The second kappa shape index (κ2) is 7.50. The molecule has 0 fully saturated rings. The van der Waals surface area contributed by atoms with Gasteiger partial charge in [0.1, 0.15) is 11.6 Å². The van der Waals surface area contributed by atoms with Crippen molar-refractivity contribution in [3.8, 4) is 11.4 Å². The van der Waals surface area contributed by atoms with Crippen LogP contribution in [0.4, 0.5) is 16.2 Å². The van der Waals surface area contributed by atoms with Crippen LogP contribution in [0.2, 0.25) is 0 Å². The molecule has 0 aliphatic heterocycles. The molecule has 0 radical (unpaired) electrons. The van der Waals surface area contributed by atoms with Gasteiger partial charge in [-0.2, -0.15) is 4.98 Å². The van der Waals surface area contributed by atoms with Crippen LogP contribution >= 0.6 is 0 Å². The number of rotatable bonds is 6. The molecule has 122 valence electrons. The van der Waals surface area contributed by atoms with Crippen molar-refractivity contribution in [3.63, 3.8) is 0 Å². The van der Waals surface area contributed by atoms with E-state index in [0.29, 0.717) is 18.3 Å². The van der Waals surface area contributed by atoms with E-state index in [9.17, 15) is 4.39 Å². The number of aromatic nitrogens is 3. The van der Waals surface area contributed by atoms with Crippen molar-refractivity contribution in [1.82, 2.24) is 15.0 Å². The average Bonchev–Trinajstić information content (AvgIpc) is 2.61. The van der Waals surface area contributed by atoms with Crippen molar-refractivity contribution in [2.75, 3.05) is 17.2 Å². The second-order valence-corrected chi connectivity index (χ2v) is 5.19. The smallest absolute Gasteiger partial charge is 0.225 e. The molecule has 1 aromatic carbocycles. The number of pyridine rings is 1. The molecule has 24 heavy (non-hydrogen) atoms. The fraction of sp³-hybridized carbons (Fsp3) is 0.167. The predicted molar refractivity (Wildman–Crippen MR) is 93.2 cm³/mol. The maximum absolute atomic E-state index is 13.3. The third-order valence-electron chi connectivity index (χ3n) is 3.35. The largest absolute Gasteiger partial charge is 0.366 e. The fourth-order valence-electron chi connectivity index (χ4n) is 2.26. The summed E-state index contributed by atoms with van der Waals surface area (Å²) >= 11 is 0. The minimum atomic E-state index is -0.250. The van der Waals surface area contributed by atoms with Gasteiger partial charge in [-0.05, 0) is 36.8 Å². The summed E-state index contributed by atoms with van der Waals surface area (Å²) in [5.41, 5.74) is 2.34. The summed E-state index contributed by atoms with van der Waals surface area (Å²) in [6.07, 6.45) is 1.73. The highest BCUT2D eigenvalue weighted by Crippen LogP contribution is 2.20. The number of hydrogen-bond acceptors (Lipinski definition) is 5. The van der Waals surface area contributed by atoms with Gasteiger partial charge >= 0.3 is 0 Å². The van der Waals surface area contributed by atoms with Crippen molar-refractivity contribution in [1.29, 1.82) is 0 Å². The summed E-state index contributed by atoms with van der Waals surface area (Å²) in [6, 6.07) is 14.0. The average molecular weight is 323 g/mol. The molecule has 0 aliphatic carbocycles. The third-order valence-corrected chi connectivity index (χ3v) is 3.35. The summed E-state index contributed by atoms with van der Waals surface area (Å²) in [4.78, 5) is 13.2. The lowest BCUT2D eigenvalue weighted by Gasteiger charge is -2.10. The highest BCUT2D eigenvalue weighted by molar-refractivity contribution is 5.60. The zero-order chi connectivity index (χ0) is 16.8. The van der Waals surface area contributed by atoms with Gasteiger partial charge in [-0.15, -0.1) is 0 Å². The Morgan fingerprint density at radius 2 is 1.88 bits per heavy atom. The van der Waals surface area contributed by atoms with Crippen LogP contribution in [0.5, 0.6) is 0 Å². The molecule has 3 rings (SSSR count). The minimum absolute atomic E-state index is 0.250. The normalized spacial score (nSPS) is 10.4. The lowest BCUT2D eigenvalue weighted by Crippen LogP contribution is -2.08. The maximum atomic E-state index is 13.3. The van der Waals surface area contributed by atoms with Gasteiger partial charge in [0.25, 0.3) is 0 Å². The third kappa shape index (κ3) is 4.04. The number of anilines is 2. The standard InChI is InChI=1S/C18H18FN5/c1-2-20-18-23-16(15-8-3-4-9-21-15)11-17(24-18)22-12-13-6-5-7-14(19)10-13/h3-11H,2,12H2,1H3,(H2,20,22,23,24). The summed E-state index contributed by atoms with van der Waals surface area (Å²) in [6.45, 7) is 3.17. The number of hydrogen-bond donors (Lipinski definition) is 2. The summed E-state index contributed by atoms with van der Waals surface area (Å²) < 4.78 is 13.3. The number of nitrogens with zero attached hydrogens (tertiary/aromatic N) is 3. The van der Waals surface area contributed by atoms with Crippen LogP contribution in [0.15, 0.2) is 54.7 Å². The molecule has 0 saturated carbocycles. The Labute approximate surface area is 140 Å². The zero-order valence-electron chi connectivity index (χ0n) is 13.3. The highest BCUT2D eigenvalue weighted by atomic mass is 19.1. The first-order valence-electron chi connectivity index (χ1n) is 7.77. The van der Waals surface area contributed by atoms with Gasteiger partial charge < -0.3 is 10.6 Å². The molecule has 2 aromatic heterocycles. The van der Waals surface area contributed by atoms with Gasteiger partial charge in [0, 0.05) is 25.4 Å². The van der Waals surface area contributed by atoms with Crippen molar-refractivity contribution in [3.05, 3.63) is 66.1 Å². The predicted octanol–water partition coefficient (Wildman–Crippen LogP) is 3.72. The van der Waals surface area contributed by atoms with Crippen molar-refractivity contribution < 1.29 is 4.39 Å². The van der Waals surface area contributed by atoms with Gasteiger partial charge in [0.2, 0.25) is 5.95 Å². The molecule has 5 nitrogen and oxygen atoms in total. The molecule has 3 aromatic rings. The van der Waals surface area contributed by atoms with E-state index in [1.807, 2.05) is 37.3 Å². The fourth-order valence-corrected chi connectivity index (χ4v) is 2.26. The molecule has 2 N–H and O–H groups in total. The molecule has 0 unspecified atom stereocenters. The van der Waals surface area contributed by atoms with Crippen LogP contribution in [0.3, 0.4) is 0 Å². The molecule has 2 heterocycles. The molecule has 6 heteroatoms.